The summed E-state index contributed by atoms with van der Waals surface area (Å²) in [6.07, 6.45) is 0. The molecular formula is C7H3BrClFO2. The van der Waals surface area contributed by atoms with Crippen LogP contribution in [0.1, 0.15) is 10.4 Å². The van der Waals surface area contributed by atoms with Gasteiger partial charge in [0.1, 0.15) is 0 Å². The number of carboxylic acids is 1. The Hall–Kier alpha value is -0.610. The molecule has 1 aromatic carbocycles. The summed E-state index contributed by atoms with van der Waals surface area (Å²) in [5.74, 6) is -1.79. The van der Waals surface area contributed by atoms with Gasteiger partial charge in [0.15, 0.2) is 5.82 Å². The lowest BCUT2D eigenvalue weighted by Gasteiger charge is -1.99. The lowest BCUT2D eigenvalue weighted by molar-refractivity contribution is 0.0697. The molecule has 0 aromatic heterocycles. The Morgan fingerprint density at radius 1 is 1.58 bits per heavy atom. The fourth-order valence-corrected chi connectivity index (χ4v) is 1.47. The largest absolute Gasteiger partial charge is 0.478 e. The maximum absolute atomic E-state index is 12.8. The first kappa shape index (κ1) is 9.48. The van der Waals surface area contributed by atoms with Crippen LogP contribution in [-0.2, 0) is 0 Å². The third-order valence-electron chi connectivity index (χ3n) is 1.23. The summed E-state index contributed by atoms with van der Waals surface area (Å²) < 4.78 is 12.9. The van der Waals surface area contributed by atoms with Gasteiger partial charge in [0.25, 0.3) is 0 Å². The van der Waals surface area contributed by atoms with Crippen LogP contribution in [0.2, 0.25) is 5.02 Å². The molecule has 1 N–H and O–H groups in total. The first-order chi connectivity index (χ1) is 5.52. The standard InChI is InChI=1S/C7H3BrClFO2/c8-4-1-3(7(11)12)2-5(9)6(4)10/h1-2H,(H,11,12). The molecule has 0 saturated heterocycles. The normalized spacial score (nSPS) is 9.92. The third-order valence-corrected chi connectivity index (χ3v) is 2.08. The van der Waals surface area contributed by atoms with Crippen molar-refractivity contribution < 1.29 is 14.3 Å². The average molecular weight is 253 g/mol. The minimum Gasteiger partial charge on any atom is -0.478 e. The van der Waals surface area contributed by atoms with E-state index < -0.39 is 11.8 Å². The van der Waals surface area contributed by atoms with Crippen molar-refractivity contribution in [3.63, 3.8) is 0 Å². The molecular weight excluding hydrogens is 250 g/mol. The fourth-order valence-electron chi connectivity index (χ4n) is 0.679. The minimum absolute atomic E-state index is 0.0479. The summed E-state index contributed by atoms with van der Waals surface area (Å²) in [5.41, 5.74) is -0.0479. The van der Waals surface area contributed by atoms with Gasteiger partial charge in [-0.25, -0.2) is 9.18 Å². The van der Waals surface area contributed by atoms with Gasteiger partial charge in [0.2, 0.25) is 0 Å². The molecule has 0 aliphatic carbocycles. The molecule has 1 rings (SSSR count). The van der Waals surface area contributed by atoms with Gasteiger partial charge in [-0.1, -0.05) is 11.6 Å². The van der Waals surface area contributed by atoms with E-state index in [1.54, 1.807) is 0 Å². The molecule has 5 heteroatoms. The van der Waals surface area contributed by atoms with E-state index >= 15 is 0 Å². The molecule has 0 saturated carbocycles. The van der Waals surface area contributed by atoms with E-state index in [0.717, 1.165) is 12.1 Å². The SMILES string of the molecule is O=C(O)c1cc(Cl)c(F)c(Br)c1. The van der Waals surface area contributed by atoms with Gasteiger partial charge in [-0.05, 0) is 28.1 Å². The van der Waals surface area contributed by atoms with Crippen LogP contribution < -0.4 is 0 Å². The van der Waals surface area contributed by atoms with E-state index in [2.05, 4.69) is 15.9 Å². The molecule has 0 amide bonds. The van der Waals surface area contributed by atoms with Crippen molar-refractivity contribution in [3.8, 4) is 0 Å². The highest BCUT2D eigenvalue weighted by Gasteiger charge is 2.10. The predicted octanol–water partition coefficient (Wildman–Crippen LogP) is 2.94. The number of aromatic carboxylic acids is 1. The zero-order valence-corrected chi connectivity index (χ0v) is 7.99. The molecule has 12 heavy (non-hydrogen) atoms. The first-order valence-corrected chi connectivity index (χ1v) is 4.07. The minimum atomic E-state index is -1.14. The maximum atomic E-state index is 12.8. The van der Waals surface area contributed by atoms with Gasteiger partial charge in [-0.3, -0.25) is 0 Å². The smallest absolute Gasteiger partial charge is 0.335 e. The van der Waals surface area contributed by atoms with Crippen molar-refractivity contribution in [3.05, 3.63) is 33.0 Å². The topological polar surface area (TPSA) is 37.3 Å². The number of carboxylic acid groups (broad SMARTS) is 1. The molecule has 0 spiro atoms. The predicted molar refractivity (Wildman–Crippen MR) is 46.1 cm³/mol. The molecule has 0 atom stereocenters. The number of carbonyl (C=O) groups is 1. The highest BCUT2D eigenvalue weighted by molar-refractivity contribution is 9.10. The van der Waals surface area contributed by atoms with E-state index in [1.165, 1.54) is 0 Å². The highest BCUT2D eigenvalue weighted by Crippen LogP contribution is 2.24. The summed E-state index contributed by atoms with van der Waals surface area (Å²) in [7, 11) is 0. The summed E-state index contributed by atoms with van der Waals surface area (Å²) in [6, 6.07) is 2.22. The van der Waals surface area contributed by atoms with E-state index in [4.69, 9.17) is 16.7 Å². The van der Waals surface area contributed by atoms with Crippen molar-refractivity contribution in [2.24, 2.45) is 0 Å². The van der Waals surface area contributed by atoms with Crippen LogP contribution in [0.25, 0.3) is 0 Å². The monoisotopic (exact) mass is 252 g/mol. The molecule has 0 unspecified atom stereocenters. The first-order valence-electron chi connectivity index (χ1n) is 2.90. The van der Waals surface area contributed by atoms with Crippen LogP contribution in [0.3, 0.4) is 0 Å². The molecule has 0 radical (unpaired) electrons. The quantitative estimate of drug-likeness (QED) is 0.781. The second-order valence-electron chi connectivity index (χ2n) is 2.06. The van der Waals surface area contributed by atoms with Crippen LogP contribution in [-0.4, -0.2) is 11.1 Å². The summed E-state index contributed by atoms with van der Waals surface area (Å²) >= 11 is 8.24. The lowest BCUT2D eigenvalue weighted by Crippen LogP contribution is -1.97. The van der Waals surface area contributed by atoms with Crippen LogP contribution in [0.4, 0.5) is 4.39 Å². The Bertz CT molecular complexity index is 317. The van der Waals surface area contributed by atoms with Crippen molar-refractivity contribution in [2.45, 2.75) is 0 Å². The number of hydrogen-bond acceptors (Lipinski definition) is 1. The Balaban J connectivity index is 3.31. The Morgan fingerprint density at radius 3 is 2.58 bits per heavy atom. The average Bonchev–Trinajstić information content (AvgIpc) is 1.99. The van der Waals surface area contributed by atoms with Gasteiger partial charge in [0.05, 0.1) is 15.1 Å². The van der Waals surface area contributed by atoms with Crippen LogP contribution in [0.15, 0.2) is 16.6 Å². The Kier molecular flexibility index (Phi) is 2.69. The van der Waals surface area contributed by atoms with Gasteiger partial charge in [-0.2, -0.15) is 0 Å². The van der Waals surface area contributed by atoms with Gasteiger partial charge in [-0.15, -0.1) is 0 Å². The molecule has 2 nitrogen and oxygen atoms in total. The molecule has 0 heterocycles. The molecule has 0 aliphatic heterocycles. The van der Waals surface area contributed by atoms with Gasteiger partial charge >= 0.3 is 5.97 Å². The van der Waals surface area contributed by atoms with E-state index in [0.29, 0.717) is 0 Å². The van der Waals surface area contributed by atoms with E-state index in [1.807, 2.05) is 0 Å². The molecule has 0 aliphatic rings. The number of benzene rings is 1. The number of halogens is 3. The number of rotatable bonds is 1. The Labute approximate surface area is 81.1 Å². The highest BCUT2D eigenvalue weighted by atomic mass is 79.9. The van der Waals surface area contributed by atoms with Crippen molar-refractivity contribution in [2.75, 3.05) is 0 Å². The van der Waals surface area contributed by atoms with Crippen molar-refractivity contribution in [1.82, 2.24) is 0 Å². The lowest BCUT2D eigenvalue weighted by atomic mass is 10.2. The van der Waals surface area contributed by atoms with Crippen LogP contribution in [0.5, 0.6) is 0 Å². The summed E-state index contributed by atoms with van der Waals surface area (Å²) in [5, 5.41) is 8.32. The van der Waals surface area contributed by atoms with Crippen molar-refractivity contribution >= 4 is 33.5 Å². The van der Waals surface area contributed by atoms with E-state index in [9.17, 15) is 9.18 Å². The third kappa shape index (κ3) is 1.76. The van der Waals surface area contributed by atoms with Crippen molar-refractivity contribution in [1.29, 1.82) is 0 Å². The zero-order valence-electron chi connectivity index (χ0n) is 5.64. The molecule has 64 valence electrons. The zero-order chi connectivity index (χ0) is 9.30. The molecule has 0 bridgehead atoms. The number of hydrogen-bond donors (Lipinski definition) is 1. The Morgan fingerprint density at radius 2 is 2.17 bits per heavy atom. The van der Waals surface area contributed by atoms with Crippen LogP contribution in [0, 0.1) is 5.82 Å². The summed E-state index contributed by atoms with van der Waals surface area (Å²) in [6.45, 7) is 0. The van der Waals surface area contributed by atoms with Gasteiger partial charge < -0.3 is 5.11 Å². The summed E-state index contributed by atoms with van der Waals surface area (Å²) in [4.78, 5) is 10.4. The second kappa shape index (κ2) is 3.41. The van der Waals surface area contributed by atoms with Gasteiger partial charge in [0, 0.05) is 0 Å². The maximum Gasteiger partial charge on any atom is 0.335 e. The van der Waals surface area contributed by atoms with E-state index in [-0.39, 0.29) is 15.1 Å². The fraction of sp³-hybridized carbons (Fsp3) is 0. The molecule has 1 aromatic rings. The van der Waals surface area contributed by atoms with Crippen LogP contribution >= 0.6 is 27.5 Å². The second-order valence-corrected chi connectivity index (χ2v) is 3.32. The molecule has 0 fully saturated rings.